The van der Waals surface area contributed by atoms with E-state index in [1.165, 1.54) is 0 Å². The molecule has 0 spiro atoms. The molecular weight excluding hydrogens is 324 g/mol. The van der Waals surface area contributed by atoms with Gasteiger partial charge in [0, 0.05) is 19.7 Å². The van der Waals surface area contributed by atoms with Gasteiger partial charge in [0.25, 0.3) is 0 Å². The molecule has 140 valence electrons. The fourth-order valence-electron chi connectivity index (χ4n) is 3.43. The van der Waals surface area contributed by atoms with E-state index in [9.17, 15) is 4.79 Å². The number of likely N-dealkylation sites (N-methyl/N-ethyl adjacent to an activating group) is 1. The van der Waals surface area contributed by atoms with Gasteiger partial charge in [-0.3, -0.25) is 9.69 Å². The summed E-state index contributed by atoms with van der Waals surface area (Å²) in [6.45, 7) is 2.08. The zero-order valence-electron chi connectivity index (χ0n) is 16.7. The van der Waals surface area contributed by atoms with Crippen molar-refractivity contribution in [1.29, 1.82) is 0 Å². The minimum Gasteiger partial charge on any atom is -0.495 e. The van der Waals surface area contributed by atoms with Crippen LogP contribution in [0, 0.1) is 0 Å². The number of methoxy groups -OCH3 is 1. The minimum atomic E-state index is -0.591. The van der Waals surface area contributed by atoms with Gasteiger partial charge in [-0.1, -0.05) is 37.3 Å². The first-order valence-corrected chi connectivity index (χ1v) is 8.97. The van der Waals surface area contributed by atoms with E-state index >= 15 is 0 Å². The molecule has 0 aliphatic rings. The Balaban J connectivity index is 2.47. The van der Waals surface area contributed by atoms with Crippen molar-refractivity contribution in [2.75, 3.05) is 40.2 Å². The van der Waals surface area contributed by atoms with Crippen LogP contribution in [0.3, 0.4) is 0 Å². The predicted octanol–water partition coefficient (Wildman–Crippen LogP) is 3.90. The predicted molar refractivity (Wildman–Crippen MR) is 109 cm³/mol. The largest absolute Gasteiger partial charge is 0.495 e. The molecule has 0 saturated carbocycles. The summed E-state index contributed by atoms with van der Waals surface area (Å²) in [4.78, 5) is 17.6. The van der Waals surface area contributed by atoms with E-state index in [1.54, 1.807) is 7.11 Å². The Hall–Kier alpha value is -2.33. The van der Waals surface area contributed by atoms with Crippen molar-refractivity contribution in [3.63, 3.8) is 0 Å². The number of carbonyl (C=O) groups is 1. The van der Waals surface area contributed by atoms with Crippen LogP contribution in [0.5, 0.6) is 5.75 Å². The molecule has 0 amide bonds. The van der Waals surface area contributed by atoms with Crippen molar-refractivity contribution >= 4 is 11.5 Å². The van der Waals surface area contributed by atoms with Gasteiger partial charge in [0.1, 0.15) is 5.75 Å². The van der Waals surface area contributed by atoms with Crippen molar-refractivity contribution in [3.8, 4) is 5.75 Å². The first-order valence-electron chi connectivity index (χ1n) is 8.97. The SMILES string of the molecule is CCC(Cc1ccccc1)(C(=O)c1ccc(N(C)C)c(OC)c1)N(C)C. The van der Waals surface area contributed by atoms with Crippen LogP contribution < -0.4 is 9.64 Å². The van der Waals surface area contributed by atoms with Gasteiger partial charge in [-0.05, 0) is 50.7 Å². The summed E-state index contributed by atoms with van der Waals surface area (Å²) in [5.41, 5.74) is 2.21. The second kappa shape index (κ2) is 8.37. The van der Waals surface area contributed by atoms with Crippen LogP contribution in [0.2, 0.25) is 0 Å². The lowest BCUT2D eigenvalue weighted by Crippen LogP contribution is -2.52. The maximum absolute atomic E-state index is 13.6. The summed E-state index contributed by atoms with van der Waals surface area (Å²) < 4.78 is 5.52. The standard InChI is InChI=1S/C22H30N2O2/c1-7-22(24(4)5,16-17-11-9-8-10-12-17)21(25)18-13-14-19(23(2)3)20(15-18)26-6/h8-15H,7,16H2,1-6H3. The average molecular weight is 354 g/mol. The van der Waals surface area contributed by atoms with Crippen LogP contribution in [0.1, 0.15) is 29.3 Å². The lowest BCUT2D eigenvalue weighted by atomic mass is 9.80. The maximum atomic E-state index is 13.6. The van der Waals surface area contributed by atoms with Crippen LogP contribution in [-0.4, -0.2) is 51.5 Å². The van der Waals surface area contributed by atoms with E-state index in [-0.39, 0.29) is 5.78 Å². The van der Waals surface area contributed by atoms with E-state index in [0.29, 0.717) is 17.7 Å². The average Bonchev–Trinajstić information content (AvgIpc) is 2.65. The minimum absolute atomic E-state index is 0.123. The fraction of sp³-hybridized carbons (Fsp3) is 0.409. The molecule has 0 saturated heterocycles. The quantitative estimate of drug-likeness (QED) is 0.673. The molecule has 4 heteroatoms. The molecular formula is C22H30N2O2. The second-order valence-corrected chi connectivity index (χ2v) is 7.05. The second-order valence-electron chi connectivity index (χ2n) is 7.05. The zero-order valence-corrected chi connectivity index (χ0v) is 16.7. The molecule has 0 aliphatic heterocycles. The van der Waals surface area contributed by atoms with Gasteiger partial charge in [-0.25, -0.2) is 0 Å². The normalized spacial score (nSPS) is 13.3. The molecule has 1 atom stereocenters. The number of hydrogen-bond donors (Lipinski definition) is 0. The van der Waals surface area contributed by atoms with E-state index in [0.717, 1.165) is 17.7 Å². The number of ketones is 1. The highest BCUT2D eigenvalue weighted by Crippen LogP contribution is 2.32. The van der Waals surface area contributed by atoms with E-state index in [2.05, 4.69) is 24.0 Å². The van der Waals surface area contributed by atoms with Crippen LogP contribution >= 0.6 is 0 Å². The van der Waals surface area contributed by atoms with Gasteiger partial charge in [0.05, 0.1) is 18.3 Å². The third-order valence-electron chi connectivity index (χ3n) is 5.13. The molecule has 0 N–H and O–H groups in total. The Morgan fingerprint density at radius 1 is 1.04 bits per heavy atom. The highest BCUT2D eigenvalue weighted by molar-refractivity contribution is 6.04. The number of benzene rings is 2. The summed E-state index contributed by atoms with van der Waals surface area (Å²) in [5.74, 6) is 0.835. The van der Waals surface area contributed by atoms with E-state index < -0.39 is 5.54 Å². The van der Waals surface area contributed by atoms with Gasteiger partial charge in [-0.2, -0.15) is 0 Å². The Morgan fingerprint density at radius 2 is 1.69 bits per heavy atom. The molecule has 0 bridgehead atoms. The van der Waals surface area contributed by atoms with E-state index in [4.69, 9.17) is 4.74 Å². The van der Waals surface area contributed by atoms with E-state index in [1.807, 2.05) is 69.5 Å². The number of rotatable bonds is 8. The lowest BCUT2D eigenvalue weighted by molar-refractivity contribution is 0.0666. The van der Waals surface area contributed by atoms with Crippen molar-refractivity contribution in [3.05, 3.63) is 59.7 Å². The Labute approximate surface area is 157 Å². The first-order chi connectivity index (χ1) is 12.4. The van der Waals surface area contributed by atoms with Crippen molar-refractivity contribution in [1.82, 2.24) is 4.90 Å². The number of ether oxygens (including phenoxy) is 1. The maximum Gasteiger partial charge on any atom is 0.183 e. The van der Waals surface area contributed by atoms with Gasteiger partial charge < -0.3 is 9.64 Å². The van der Waals surface area contributed by atoms with Crippen molar-refractivity contribution in [2.24, 2.45) is 0 Å². The van der Waals surface area contributed by atoms with Gasteiger partial charge in [0.15, 0.2) is 5.78 Å². The molecule has 0 fully saturated rings. The third-order valence-corrected chi connectivity index (χ3v) is 5.13. The topological polar surface area (TPSA) is 32.8 Å². The number of carbonyl (C=O) groups excluding carboxylic acids is 1. The summed E-state index contributed by atoms with van der Waals surface area (Å²) in [6, 6.07) is 15.9. The summed E-state index contributed by atoms with van der Waals surface area (Å²) >= 11 is 0. The van der Waals surface area contributed by atoms with Crippen molar-refractivity contribution < 1.29 is 9.53 Å². The number of Topliss-reactive ketones (excluding diaryl/α,β-unsaturated/α-hetero) is 1. The molecule has 2 aromatic rings. The Kier molecular flexibility index (Phi) is 6.43. The monoisotopic (exact) mass is 354 g/mol. The highest BCUT2D eigenvalue weighted by Gasteiger charge is 2.39. The van der Waals surface area contributed by atoms with Gasteiger partial charge >= 0.3 is 0 Å². The molecule has 1 unspecified atom stereocenters. The first kappa shape index (κ1) is 20.0. The van der Waals surface area contributed by atoms with Gasteiger partial charge in [-0.15, -0.1) is 0 Å². The molecule has 26 heavy (non-hydrogen) atoms. The van der Waals surface area contributed by atoms with Crippen LogP contribution in [-0.2, 0) is 6.42 Å². The third kappa shape index (κ3) is 3.91. The highest BCUT2D eigenvalue weighted by atomic mass is 16.5. The van der Waals surface area contributed by atoms with Gasteiger partial charge in [0.2, 0.25) is 0 Å². The Morgan fingerprint density at radius 3 is 2.19 bits per heavy atom. The van der Waals surface area contributed by atoms with Crippen LogP contribution in [0.4, 0.5) is 5.69 Å². The number of nitrogens with zero attached hydrogens (tertiary/aromatic N) is 2. The van der Waals surface area contributed by atoms with Crippen LogP contribution in [0.15, 0.2) is 48.5 Å². The number of hydrogen-bond acceptors (Lipinski definition) is 4. The molecule has 2 aromatic carbocycles. The smallest absolute Gasteiger partial charge is 0.183 e. The molecule has 0 aliphatic carbocycles. The molecule has 2 rings (SSSR count). The summed E-state index contributed by atoms with van der Waals surface area (Å²) in [5, 5.41) is 0. The van der Waals surface area contributed by atoms with Crippen molar-refractivity contribution in [2.45, 2.75) is 25.3 Å². The lowest BCUT2D eigenvalue weighted by Gasteiger charge is -2.38. The molecule has 4 nitrogen and oxygen atoms in total. The molecule has 0 aromatic heterocycles. The summed E-state index contributed by atoms with van der Waals surface area (Å²) in [6.07, 6.45) is 1.40. The summed E-state index contributed by atoms with van der Waals surface area (Å²) in [7, 11) is 9.53. The fourth-order valence-corrected chi connectivity index (χ4v) is 3.43. The molecule has 0 radical (unpaired) electrons. The van der Waals surface area contributed by atoms with Crippen LogP contribution in [0.25, 0.3) is 0 Å². The number of anilines is 1. The Bertz CT molecular complexity index is 741. The molecule has 0 heterocycles. The zero-order chi connectivity index (χ0) is 19.3.